The molecule has 18 heavy (non-hydrogen) atoms. The van der Waals surface area contributed by atoms with Crippen LogP contribution in [0.4, 0.5) is 5.69 Å². The zero-order valence-corrected chi connectivity index (χ0v) is 13.7. The van der Waals surface area contributed by atoms with Crippen LogP contribution in [0.5, 0.6) is 0 Å². The molecule has 0 amide bonds. The second kappa shape index (κ2) is 5.54. The molecule has 2 aliphatic carbocycles. The van der Waals surface area contributed by atoms with Crippen molar-refractivity contribution in [1.82, 2.24) is 0 Å². The van der Waals surface area contributed by atoms with Gasteiger partial charge in [-0.15, -0.1) is 0 Å². The van der Waals surface area contributed by atoms with Gasteiger partial charge in [-0.2, -0.15) is 0 Å². The van der Waals surface area contributed by atoms with E-state index in [1.54, 1.807) is 0 Å². The van der Waals surface area contributed by atoms with Crippen LogP contribution in [0.1, 0.15) is 31.2 Å². The van der Waals surface area contributed by atoms with Gasteiger partial charge >= 0.3 is 0 Å². The third-order valence-corrected chi connectivity index (χ3v) is 5.24. The van der Waals surface area contributed by atoms with Crippen LogP contribution in [-0.2, 0) is 5.33 Å². The topological polar surface area (TPSA) is 3.24 Å². The molecule has 98 valence electrons. The number of nitrogens with zero attached hydrogens (tertiary/aromatic N) is 1. The Morgan fingerprint density at radius 3 is 2.11 bits per heavy atom. The monoisotopic (exact) mass is 371 g/mol. The second-order valence-corrected chi connectivity index (χ2v) is 7.12. The first-order valence-electron chi connectivity index (χ1n) is 6.85. The highest BCUT2D eigenvalue weighted by Crippen LogP contribution is 2.36. The van der Waals surface area contributed by atoms with Gasteiger partial charge in [-0.3, -0.25) is 0 Å². The molecule has 0 saturated heterocycles. The van der Waals surface area contributed by atoms with Crippen molar-refractivity contribution in [3.05, 3.63) is 28.2 Å². The molecular weight excluding hydrogens is 354 g/mol. The lowest BCUT2D eigenvalue weighted by atomic mass is 10.2. The minimum atomic E-state index is 0.916. The van der Waals surface area contributed by atoms with Gasteiger partial charge < -0.3 is 4.90 Å². The predicted molar refractivity (Wildman–Crippen MR) is 84.4 cm³/mol. The summed E-state index contributed by atoms with van der Waals surface area (Å²) in [7, 11) is 0. The van der Waals surface area contributed by atoms with Crippen LogP contribution in [0.2, 0.25) is 0 Å². The van der Waals surface area contributed by atoms with Crippen LogP contribution >= 0.6 is 31.9 Å². The Balaban J connectivity index is 1.76. The Labute approximate surface area is 126 Å². The van der Waals surface area contributed by atoms with Crippen LogP contribution in [0.3, 0.4) is 0 Å². The molecule has 0 spiro atoms. The standard InChI is InChI=1S/C15H19Br2N/c16-8-13-5-6-14(7-15(13)17)18(9-11-1-2-11)10-12-3-4-12/h5-7,11-12H,1-4,8-10H2. The van der Waals surface area contributed by atoms with Gasteiger partial charge in [0, 0.05) is 28.6 Å². The van der Waals surface area contributed by atoms with Crippen molar-refractivity contribution in [2.45, 2.75) is 31.0 Å². The van der Waals surface area contributed by atoms with E-state index in [4.69, 9.17) is 0 Å². The zero-order chi connectivity index (χ0) is 12.5. The van der Waals surface area contributed by atoms with E-state index in [1.165, 1.54) is 54.5 Å². The quantitative estimate of drug-likeness (QED) is 0.637. The average Bonchev–Trinajstić information content (AvgIpc) is 3.23. The summed E-state index contributed by atoms with van der Waals surface area (Å²) in [5.74, 6) is 1.91. The first-order valence-corrected chi connectivity index (χ1v) is 8.77. The molecule has 1 aromatic carbocycles. The van der Waals surface area contributed by atoms with Crippen LogP contribution in [0.25, 0.3) is 0 Å². The summed E-state index contributed by atoms with van der Waals surface area (Å²) >= 11 is 7.21. The average molecular weight is 373 g/mol. The molecule has 0 radical (unpaired) electrons. The Hall–Kier alpha value is -0.0200. The predicted octanol–water partition coefficient (Wildman–Crippen LogP) is 4.97. The normalized spacial score (nSPS) is 19.0. The molecule has 0 atom stereocenters. The molecule has 3 rings (SSSR count). The van der Waals surface area contributed by atoms with E-state index in [2.05, 4.69) is 55.0 Å². The highest BCUT2D eigenvalue weighted by atomic mass is 79.9. The number of hydrogen-bond donors (Lipinski definition) is 0. The SMILES string of the molecule is BrCc1ccc(N(CC2CC2)CC2CC2)cc1Br. The number of hydrogen-bond acceptors (Lipinski definition) is 1. The van der Waals surface area contributed by atoms with Gasteiger partial charge in [0.25, 0.3) is 0 Å². The van der Waals surface area contributed by atoms with Crippen molar-refractivity contribution >= 4 is 37.5 Å². The summed E-state index contributed by atoms with van der Waals surface area (Å²) in [5, 5.41) is 0.916. The lowest BCUT2D eigenvalue weighted by molar-refractivity contribution is 0.679. The molecule has 0 N–H and O–H groups in total. The molecule has 3 heteroatoms. The van der Waals surface area contributed by atoms with E-state index in [1.807, 2.05) is 0 Å². The third kappa shape index (κ3) is 3.30. The van der Waals surface area contributed by atoms with Crippen molar-refractivity contribution in [2.24, 2.45) is 11.8 Å². The number of rotatable bonds is 6. The first kappa shape index (κ1) is 13.0. The molecule has 2 aliphatic rings. The molecular formula is C15H19Br2N. The van der Waals surface area contributed by atoms with Gasteiger partial charge in [-0.1, -0.05) is 37.9 Å². The molecule has 0 aliphatic heterocycles. The summed E-state index contributed by atoms with van der Waals surface area (Å²) in [6.45, 7) is 2.52. The van der Waals surface area contributed by atoms with Crippen molar-refractivity contribution < 1.29 is 0 Å². The summed E-state index contributed by atoms with van der Waals surface area (Å²) in [5.41, 5.74) is 2.72. The van der Waals surface area contributed by atoms with E-state index in [0.717, 1.165) is 17.2 Å². The van der Waals surface area contributed by atoms with E-state index in [-0.39, 0.29) is 0 Å². The number of alkyl halides is 1. The maximum Gasteiger partial charge on any atom is 0.0377 e. The highest BCUT2D eigenvalue weighted by molar-refractivity contribution is 9.10. The summed E-state index contributed by atoms with van der Waals surface area (Å²) in [4.78, 5) is 2.61. The molecule has 1 aromatic rings. The minimum Gasteiger partial charge on any atom is -0.371 e. The molecule has 1 nitrogen and oxygen atoms in total. The number of benzene rings is 1. The van der Waals surface area contributed by atoms with Gasteiger partial charge in [0.1, 0.15) is 0 Å². The van der Waals surface area contributed by atoms with Gasteiger partial charge in [-0.25, -0.2) is 0 Å². The lowest BCUT2D eigenvalue weighted by Crippen LogP contribution is -2.28. The fourth-order valence-corrected chi connectivity index (χ4v) is 3.72. The van der Waals surface area contributed by atoms with Crippen LogP contribution in [0, 0.1) is 11.8 Å². The zero-order valence-electron chi connectivity index (χ0n) is 10.5. The molecule has 0 unspecified atom stereocenters. The van der Waals surface area contributed by atoms with Crippen molar-refractivity contribution in [1.29, 1.82) is 0 Å². The molecule has 0 heterocycles. The second-order valence-electron chi connectivity index (χ2n) is 5.70. The van der Waals surface area contributed by atoms with Crippen molar-refractivity contribution in [3.63, 3.8) is 0 Å². The smallest absolute Gasteiger partial charge is 0.0377 e. The Morgan fingerprint density at radius 2 is 1.67 bits per heavy atom. The largest absolute Gasteiger partial charge is 0.371 e. The van der Waals surface area contributed by atoms with E-state index >= 15 is 0 Å². The Bertz CT molecular complexity index is 411. The summed E-state index contributed by atoms with van der Waals surface area (Å²) in [6.07, 6.45) is 5.73. The summed E-state index contributed by atoms with van der Waals surface area (Å²) in [6, 6.07) is 6.81. The Kier molecular flexibility index (Phi) is 4.00. The fourth-order valence-electron chi connectivity index (χ4n) is 2.35. The van der Waals surface area contributed by atoms with Crippen LogP contribution < -0.4 is 4.90 Å². The minimum absolute atomic E-state index is 0.916. The van der Waals surface area contributed by atoms with Crippen molar-refractivity contribution in [3.8, 4) is 0 Å². The van der Waals surface area contributed by atoms with E-state index < -0.39 is 0 Å². The Morgan fingerprint density at radius 1 is 1.06 bits per heavy atom. The number of halogens is 2. The fraction of sp³-hybridized carbons (Fsp3) is 0.600. The molecule has 2 fully saturated rings. The lowest BCUT2D eigenvalue weighted by Gasteiger charge is -2.25. The highest BCUT2D eigenvalue weighted by Gasteiger charge is 2.29. The molecule has 0 bridgehead atoms. The van der Waals surface area contributed by atoms with Crippen molar-refractivity contribution in [2.75, 3.05) is 18.0 Å². The van der Waals surface area contributed by atoms with Gasteiger partial charge in [0.2, 0.25) is 0 Å². The van der Waals surface area contributed by atoms with E-state index in [9.17, 15) is 0 Å². The summed E-state index contributed by atoms with van der Waals surface area (Å²) < 4.78 is 1.23. The molecule has 0 aromatic heterocycles. The van der Waals surface area contributed by atoms with Gasteiger partial charge in [0.15, 0.2) is 0 Å². The first-order chi connectivity index (χ1) is 8.76. The maximum absolute atomic E-state index is 3.68. The van der Waals surface area contributed by atoms with E-state index in [0.29, 0.717) is 0 Å². The van der Waals surface area contributed by atoms with Crippen LogP contribution in [-0.4, -0.2) is 13.1 Å². The van der Waals surface area contributed by atoms with Gasteiger partial charge in [0.05, 0.1) is 0 Å². The third-order valence-electron chi connectivity index (χ3n) is 3.90. The maximum atomic E-state index is 3.68. The van der Waals surface area contributed by atoms with Crippen LogP contribution in [0.15, 0.2) is 22.7 Å². The molecule has 2 saturated carbocycles. The van der Waals surface area contributed by atoms with Gasteiger partial charge in [-0.05, 0) is 55.2 Å². The number of anilines is 1.